The highest BCUT2D eigenvalue weighted by molar-refractivity contribution is 5.71. The van der Waals surface area contributed by atoms with Gasteiger partial charge < -0.3 is 16.0 Å². The monoisotopic (exact) mass is 215 g/mol. The van der Waals surface area contributed by atoms with Gasteiger partial charge in [0.25, 0.3) is 0 Å². The maximum Gasteiger partial charge on any atom is 0.250 e. The standard InChI is InChI=1S/C12H13N3O/c1-15-7-8(2-3-12(15)16)9-4-10(13)6-11(14)5-9/h2-7H,13-14H2,1H3. The first-order valence-electron chi connectivity index (χ1n) is 4.89. The van der Waals surface area contributed by atoms with Gasteiger partial charge in [-0.1, -0.05) is 0 Å². The molecule has 16 heavy (non-hydrogen) atoms. The zero-order valence-corrected chi connectivity index (χ0v) is 8.97. The second-order valence-electron chi connectivity index (χ2n) is 3.76. The Hall–Kier alpha value is -2.23. The summed E-state index contributed by atoms with van der Waals surface area (Å²) in [5.74, 6) is 0. The van der Waals surface area contributed by atoms with Crippen LogP contribution in [-0.4, -0.2) is 4.57 Å². The van der Waals surface area contributed by atoms with Crippen LogP contribution >= 0.6 is 0 Å². The molecule has 0 atom stereocenters. The summed E-state index contributed by atoms with van der Waals surface area (Å²) < 4.78 is 1.52. The van der Waals surface area contributed by atoms with E-state index in [9.17, 15) is 4.79 Å². The zero-order chi connectivity index (χ0) is 11.7. The predicted octanol–water partition coefficient (Wildman–Crippen LogP) is 1.22. The average molecular weight is 215 g/mol. The Morgan fingerprint density at radius 2 is 1.62 bits per heavy atom. The van der Waals surface area contributed by atoms with E-state index in [1.54, 1.807) is 25.4 Å². The van der Waals surface area contributed by atoms with E-state index in [1.165, 1.54) is 10.6 Å². The molecule has 0 spiro atoms. The van der Waals surface area contributed by atoms with Gasteiger partial charge in [0.1, 0.15) is 0 Å². The largest absolute Gasteiger partial charge is 0.399 e. The fourth-order valence-electron chi connectivity index (χ4n) is 1.61. The normalized spacial score (nSPS) is 10.3. The molecule has 4 N–H and O–H groups in total. The first kappa shape index (κ1) is 10.3. The lowest BCUT2D eigenvalue weighted by Crippen LogP contribution is -2.13. The lowest BCUT2D eigenvalue weighted by molar-refractivity contribution is 0.862. The number of nitrogens with two attached hydrogens (primary N) is 2. The number of rotatable bonds is 1. The fraction of sp³-hybridized carbons (Fsp3) is 0.0833. The Kier molecular flexibility index (Phi) is 2.40. The van der Waals surface area contributed by atoms with Crippen molar-refractivity contribution >= 4 is 11.4 Å². The molecule has 0 saturated heterocycles. The molecule has 0 aliphatic rings. The second-order valence-corrected chi connectivity index (χ2v) is 3.76. The van der Waals surface area contributed by atoms with E-state index in [4.69, 9.17) is 11.5 Å². The van der Waals surface area contributed by atoms with E-state index in [1.807, 2.05) is 12.1 Å². The lowest BCUT2D eigenvalue weighted by atomic mass is 10.1. The number of benzene rings is 1. The van der Waals surface area contributed by atoms with Crippen LogP contribution in [0.4, 0.5) is 11.4 Å². The molecule has 0 fully saturated rings. The van der Waals surface area contributed by atoms with Crippen LogP contribution in [-0.2, 0) is 7.05 Å². The molecule has 0 unspecified atom stereocenters. The minimum absolute atomic E-state index is 0.0411. The van der Waals surface area contributed by atoms with Gasteiger partial charge in [-0.3, -0.25) is 4.79 Å². The quantitative estimate of drug-likeness (QED) is 0.702. The van der Waals surface area contributed by atoms with Crippen molar-refractivity contribution in [3.8, 4) is 11.1 Å². The van der Waals surface area contributed by atoms with Crippen molar-refractivity contribution in [2.24, 2.45) is 7.05 Å². The third-order valence-corrected chi connectivity index (χ3v) is 2.40. The molecule has 82 valence electrons. The Labute approximate surface area is 93.1 Å². The molecule has 1 aromatic carbocycles. The zero-order valence-electron chi connectivity index (χ0n) is 8.97. The van der Waals surface area contributed by atoms with Gasteiger partial charge in [0.05, 0.1) is 0 Å². The van der Waals surface area contributed by atoms with Crippen molar-refractivity contribution < 1.29 is 0 Å². The topological polar surface area (TPSA) is 74.0 Å². The molecular formula is C12H13N3O. The van der Waals surface area contributed by atoms with E-state index in [0.29, 0.717) is 11.4 Å². The van der Waals surface area contributed by atoms with Gasteiger partial charge in [0, 0.05) is 30.7 Å². The van der Waals surface area contributed by atoms with Crippen LogP contribution in [0.2, 0.25) is 0 Å². The number of nitrogen functional groups attached to an aromatic ring is 2. The van der Waals surface area contributed by atoms with Gasteiger partial charge in [-0.05, 0) is 35.4 Å². The number of aromatic nitrogens is 1. The first-order valence-corrected chi connectivity index (χ1v) is 4.89. The molecule has 0 amide bonds. The highest BCUT2D eigenvalue weighted by atomic mass is 16.1. The summed E-state index contributed by atoms with van der Waals surface area (Å²) >= 11 is 0. The van der Waals surface area contributed by atoms with Crippen molar-refractivity contribution in [2.75, 3.05) is 11.5 Å². The summed E-state index contributed by atoms with van der Waals surface area (Å²) in [6.45, 7) is 0. The molecule has 0 aliphatic carbocycles. The van der Waals surface area contributed by atoms with Crippen molar-refractivity contribution in [2.45, 2.75) is 0 Å². The molecule has 0 radical (unpaired) electrons. The van der Waals surface area contributed by atoms with Crippen LogP contribution in [0.25, 0.3) is 11.1 Å². The Bertz CT molecular complexity index is 567. The number of aryl methyl sites for hydroxylation is 1. The van der Waals surface area contributed by atoms with Crippen LogP contribution in [0.1, 0.15) is 0 Å². The van der Waals surface area contributed by atoms with Gasteiger partial charge >= 0.3 is 0 Å². The summed E-state index contributed by atoms with van der Waals surface area (Å²) in [5.41, 5.74) is 14.4. The van der Waals surface area contributed by atoms with Gasteiger partial charge in [0.15, 0.2) is 0 Å². The third kappa shape index (κ3) is 1.91. The Balaban J connectivity index is 2.58. The Morgan fingerprint density at radius 3 is 2.19 bits per heavy atom. The summed E-state index contributed by atoms with van der Waals surface area (Å²) in [4.78, 5) is 11.2. The SMILES string of the molecule is Cn1cc(-c2cc(N)cc(N)c2)ccc1=O. The van der Waals surface area contributed by atoms with Gasteiger partial charge in [-0.25, -0.2) is 0 Å². The number of hydrogen-bond donors (Lipinski definition) is 2. The molecule has 0 bridgehead atoms. The average Bonchev–Trinajstić information content (AvgIpc) is 2.20. The van der Waals surface area contributed by atoms with Crippen LogP contribution in [0, 0.1) is 0 Å². The van der Waals surface area contributed by atoms with E-state index in [0.717, 1.165) is 11.1 Å². The van der Waals surface area contributed by atoms with Crippen LogP contribution in [0.5, 0.6) is 0 Å². The molecule has 4 nitrogen and oxygen atoms in total. The predicted molar refractivity (Wildman–Crippen MR) is 65.9 cm³/mol. The van der Waals surface area contributed by atoms with Crippen LogP contribution < -0.4 is 17.0 Å². The van der Waals surface area contributed by atoms with Gasteiger partial charge in [0.2, 0.25) is 5.56 Å². The molecule has 1 heterocycles. The number of anilines is 2. The highest BCUT2D eigenvalue weighted by Gasteiger charge is 2.01. The van der Waals surface area contributed by atoms with Crippen molar-refractivity contribution in [1.29, 1.82) is 0 Å². The van der Waals surface area contributed by atoms with E-state index in [2.05, 4.69) is 0 Å². The molecule has 2 rings (SSSR count). The van der Waals surface area contributed by atoms with Gasteiger partial charge in [-0.2, -0.15) is 0 Å². The molecule has 4 heteroatoms. The summed E-state index contributed by atoms with van der Waals surface area (Å²) in [7, 11) is 1.71. The maximum absolute atomic E-state index is 11.2. The summed E-state index contributed by atoms with van der Waals surface area (Å²) in [6.07, 6.45) is 1.76. The van der Waals surface area contributed by atoms with E-state index >= 15 is 0 Å². The van der Waals surface area contributed by atoms with Crippen molar-refractivity contribution in [1.82, 2.24) is 4.57 Å². The van der Waals surface area contributed by atoms with Crippen molar-refractivity contribution in [3.05, 3.63) is 46.9 Å². The highest BCUT2D eigenvalue weighted by Crippen LogP contribution is 2.23. The molecule has 0 aliphatic heterocycles. The molecular weight excluding hydrogens is 202 g/mol. The Morgan fingerprint density at radius 1 is 1.00 bits per heavy atom. The number of pyridine rings is 1. The van der Waals surface area contributed by atoms with Crippen LogP contribution in [0.3, 0.4) is 0 Å². The second kappa shape index (κ2) is 3.73. The fourth-order valence-corrected chi connectivity index (χ4v) is 1.61. The minimum atomic E-state index is -0.0411. The number of hydrogen-bond acceptors (Lipinski definition) is 3. The van der Waals surface area contributed by atoms with Crippen molar-refractivity contribution in [3.63, 3.8) is 0 Å². The summed E-state index contributed by atoms with van der Waals surface area (Å²) in [6, 6.07) is 8.64. The molecule has 1 aromatic heterocycles. The summed E-state index contributed by atoms with van der Waals surface area (Å²) in [5, 5.41) is 0. The van der Waals surface area contributed by atoms with E-state index < -0.39 is 0 Å². The van der Waals surface area contributed by atoms with Crippen LogP contribution in [0.15, 0.2) is 41.3 Å². The van der Waals surface area contributed by atoms with E-state index in [-0.39, 0.29) is 5.56 Å². The maximum atomic E-state index is 11.2. The number of nitrogens with zero attached hydrogens (tertiary/aromatic N) is 1. The van der Waals surface area contributed by atoms with Gasteiger partial charge in [-0.15, -0.1) is 0 Å². The smallest absolute Gasteiger partial charge is 0.250 e. The molecule has 0 saturated carbocycles. The minimum Gasteiger partial charge on any atom is -0.399 e. The molecule has 2 aromatic rings. The lowest BCUT2D eigenvalue weighted by Gasteiger charge is -2.06. The first-order chi connectivity index (χ1) is 7.56. The third-order valence-electron chi connectivity index (χ3n) is 2.40.